The van der Waals surface area contributed by atoms with E-state index in [0.717, 1.165) is 62.5 Å². The van der Waals surface area contributed by atoms with Crippen LogP contribution in [0.25, 0.3) is 0 Å². The molecule has 1 aromatic heterocycles. The first-order valence-electron chi connectivity index (χ1n) is 11.0. The van der Waals surface area contributed by atoms with Crippen LogP contribution in [0.4, 0.5) is 14.6 Å². The van der Waals surface area contributed by atoms with Crippen molar-refractivity contribution in [2.45, 2.75) is 18.8 Å². The van der Waals surface area contributed by atoms with Gasteiger partial charge in [0.05, 0.1) is 5.56 Å². The molecule has 0 spiro atoms. The Morgan fingerprint density at radius 2 is 1.47 bits per heavy atom. The number of hydrogen-bond donors (Lipinski definition) is 0. The third-order valence-corrected chi connectivity index (χ3v) is 6.09. The fourth-order valence-corrected chi connectivity index (χ4v) is 4.35. The molecule has 32 heavy (non-hydrogen) atoms. The van der Waals surface area contributed by atoms with Gasteiger partial charge in [-0.1, -0.05) is 24.3 Å². The van der Waals surface area contributed by atoms with E-state index < -0.39 is 0 Å². The van der Waals surface area contributed by atoms with E-state index in [-0.39, 0.29) is 17.6 Å². The summed E-state index contributed by atoms with van der Waals surface area (Å²) in [6.45, 7) is 4.47. The molecule has 2 aromatic carbocycles. The summed E-state index contributed by atoms with van der Waals surface area (Å²) >= 11 is 0. The zero-order valence-corrected chi connectivity index (χ0v) is 17.9. The minimum Gasteiger partial charge on any atom is -0.353 e. The average Bonchev–Trinajstić information content (AvgIpc) is 2.84. The van der Waals surface area contributed by atoms with Crippen LogP contribution in [0.2, 0.25) is 0 Å². The van der Waals surface area contributed by atoms with Gasteiger partial charge >= 0.3 is 0 Å². The van der Waals surface area contributed by atoms with E-state index in [9.17, 15) is 14.0 Å². The topological polar surface area (TPSA) is 43.2 Å². The zero-order chi connectivity index (χ0) is 22.3. The highest BCUT2D eigenvalue weighted by Gasteiger charge is 2.21. The first kappa shape index (κ1) is 21.9. The summed E-state index contributed by atoms with van der Waals surface area (Å²) in [7, 11) is 0. The summed E-state index contributed by atoms with van der Waals surface area (Å²) in [6.07, 6.45) is 3.61. The molecule has 4 rings (SSSR count). The number of benzene rings is 2. The normalized spacial score (nSPS) is 14.5. The first-order chi connectivity index (χ1) is 15.6. The predicted octanol–water partition coefficient (Wildman–Crippen LogP) is 4.97. The van der Waals surface area contributed by atoms with Gasteiger partial charge in [0.1, 0.15) is 23.5 Å². The van der Waals surface area contributed by atoms with Gasteiger partial charge in [0, 0.05) is 38.3 Å². The second-order valence-electron chi connectivity index (χ2n) is 8.11. The number of aromatic nitrogens is 1. The first-order valence-corrected chi connectivity index (χ1v) is 11.0. The zero-order valence-electron chi connectivity index (χ0n) is 17.9. The lowest BCUT2D eigenvalue weighted by Gasteiger charge is -2.35. The fourth-order valence-electron chi connectivity index (χ4n) is 4.35. The van der Waals surface area contributed by atoms with Crippen molar-refractivity contribution in [3.05, 3.63) is 95.2 Å². The monoisotopic (exact) mass is 432 g/mol. The summed E-state index contributed by atoms with van der Waals surface area (Å²) in [5, 5.41) is 9.32. The third-order valence-electron chi connectivity index (χ3n) is 6.09. The molecule has 0 N–H and O–H groups in total. The van der Waals surface area contributed by atoms with E-state index in [0.29, 0.717) is 5.56 Å². The molecule has 2 heterocycles. The second-order valence-corrected chi connectivity index (χ2v) is 8.11. The third kappa shape index (κ3) is 5.30. The number of nitrogens with zero attached hydrogens (tertiary/aromatic N) is 4. The van der Waals surface area contributed by atoms with E-state index in [1.165, 1.54) is 24.3 Å². The molecule has 0 atom stereocenters. The van der Waals surface area contributed by atoms with Crippen LogP contribution in [0.5, 0.6) is 0 Å². The van der Waals surface area contributed by atoms with Crippen molar-refractivity contribution in [2.75, 3.05) is 37.6 Å². The molecule has 0 amide bonds. The Hall–Kier alpha value is -3.30. The average molecular weight is 433 g/mol. The van der Waals surface area contributed by atoms with Crippen molar-refractivity contribution in [1.82, 2.24) is 9.88 Å². The largest absolute Gasteiger partial charge is 0.353 e. The van der Waals surface area contributed by atoms with Crippen molar-refractivity contribution in [2.24, 2.45) is 0 Å². The number of halogens is 2. The van der Waals surface area contributed by atoms with E-state index >= 15 is 0 Å². The predicted molar refractivity (Wildman–Crippen MR) is 121 cm³/mol. The van der Waals surface area contributed by atoms with Gasteiger partial charge in [-0.25, -0.2) is 13.8 Å². The van der Waals surface area contributed by atoms with Gasteiger partial charge in [-0.05, 0) is 66.9 Å². The number of rotatable bonds is 7. The Morgan fingerprint density at radius 3 is 2.03 bits per heavy atom. The number of piperazine rings is 1. The van der Waals surface area contributed by atoms with Gasteiger partial charge in [0.2, 0.25) is 0 Å². The van der Waals surface area contributed by atoms with Crippen molar-refractivity contribution in [3.8, 4) is 6.07 Å². The van der Waals surface area contributed by atoms with Crippen LogP contribution in [-0.2, 0) is 0 Å². The lowest BCUT2D eigenvalue weighted by molar-refractivity contribution is 0.251. The molecule has 0 radical (unpaired) electrons. The maximum atomic E-state index is 13.4. The molecule has 164 valence electrons. The highest BCUT2D eigenvalue weighted by Crippen LogP contribution is 2.30. The second kappa shape index (κ2) is 10.3. The summed E-state index contributed by atoms with van der Waals surface area (Å²) in [6, 6.07) is 19.0. The molecule has 6 heteroatoms. The Morgan fingerprint density at radius 1 is 0.875 bits per heavy atom. The van der Waals surface area contributed by atoms with Crippen LogP contribution in [0.1, 0.15) is 35.4 Å². The summed E-state index contributed by atoms with van der Waals surface area (Å²) in [4.78, 5) is 9.00. The quantitative estimate of drug-likeness (QED) is 0.529. The van der Waals surface area contributed by atoms with Crippen molar-refractivity contribution in [1.29, 1.82) is 5.26 Å². The van der Waals surface area contributed by atoms with Gasteiger partial charge in [-0.3, -0.25) is 4.90 Å². The summed E-state index contributed by atoms with van der Waals surface area (Å²) in [5.74, 6) is 0.361. The van der Waals surface area contributed by atoms with Crippen LogP contribution < -0.4 is 4.90 Å². The van der Waals surface area contributed by atoms with E-state index in [1.807, 2.05) is 24.3 Å². The maximum absolute atomic E-state index is 13.4. The van der Waals surface area contributed by atoms with E-state index in [2.05, 4.69) is 20.9 Å². The Kier molecular flexibility index (Phi) is 7.08. The fraction of sp³-hybridized carbons (Fsp3) is 0.308. The smallest absolute Gasteiger partial charge is 0.146 e. The van der Waals surface area contributed by atoms with Crippen molar-refractivity contribution < 1.29 is 8.78 Å². The molecule has 0 aliphatic carbocycles. The van der Waals surface area contributed by atoms with E-state index in [1.54, 1.807) is 18.3 Å². The Balaban J connectivity index is 1.35. The lowest BCUT2D eigenvalue weighted by Crippen LogP contribution is -2.47. The van der Waals surface area contributed by atoms with Crippen molar-refractivity contribution >= 4 is 5.82 Å². The summed E-state index contributed by atoms with van der Waals surface area (Å²) in [5.41, 5.74) is 2.70. The standard InChI is InChI=1S/C26H26F2N4/c27-23-9-5-20(6-10-23)25(21-7-11-24(28)12-8-21)4-2-14-31-15-17-32(18-16-31)26-22(19-29)3-1-13-30-26/h1,3,5-13,25H,2,4,14-18H2. The van der Waals surface area contributed by atoms with Gasteiger partial charge in [-0.15, -0.1) is 0 Å². The SMILES string of the molecule is N#Cc1cccnc1N1CCN(CCCC(c2ccc(F)cc2)c2ccc(F)cc2)CC1. The molecule has 0 saturated carbocycles. The maximum Gasteiger partial charge on any atom is 0.146 e. The Bertz CT molecular complexity index is 1010. The molecule has 1 aliphatic rings. The molecule has 4 nitrogen and oxygen atoms in total. The highest BCUT2D eigenvalue weighted by molar-refractivity contribution is 5.53. The molecule has 1 fully saturated rings. The van der Waals surface area contributed by atoms with Gasteiger partial charge < -0.3 is 4.90 Å². The summed E-state index contributed by atoms with van der Waals surface area (Å²) < 4.78 is 26.8. The van der Waals surface area contributed by atoms with Crippen molar-refractivity contribution in [3.63, 3.8) is 0 Å². The van der Waals surface area contributed by atoms with Gasteiger partial charge in [-0.2, -0.15) is 5.26 Å². The van der Waals surface area contributed by atoms with Gasteiger partial charge in [0.25, 0.3) is 0 Å². The number of nitriles is 1. The number of pyridine rings is 1. The highest BCUT2D eigenvalue weighted by atomic mass is 19.1. The molecule has 0 unspecified atom stereocenters. The van der Waals surface area contributed by atoms with E-state index in [4.69, 9.17) is 0 Å². The number of anilines is 1. The lowest BCUT2D eigenvalue weighted by atomic mass is 9.87. The van der Waals surface area contributed by atoms with Crippen LogP contribution in [0.15, 0.2) is 66.9 Å². The molecule has 1 saturated heterocycles. The van der Waals surface area contributed by atoms with Crippen LogP contribution in [-0.4, -0.2) is 42.6 Å². The molecule has 0 bridgehead atoms. The minimum atomic E-state index is -0.253. The molecule has 1 aliphatic heterocycles. The molecular weight excluding hydrogens is 406 g/mol. The van der Waals surface area contributed by atoms with Gasteiger partial charge in [0.15, 0.2) is 0 Å². The molecule has 3 aromatic rings. The number of hydrogen-bond acceptors (Lipinski definition) is 4. The van der Waals surface area contributed by atoms with Crippen LogP contribution in [0, 0.1) is 23.0 Å². The van der Waals surface area contributed by atoms with Crippen LogP contribution in [0.3, 0.4) is 0 Å². The minimum absolute atomic E-state index is 0.101. The Labute approximate surface area is 187 Å². The molecular formula is C26H26F2N4. The van der Waals surface area contributed by atoms with Crippen LogP contribution >= 0.6 is 0 Å².